The van der Waals surface area contributed by atoms with Crippen LogP contribution in [0.3, 0.4) is 0 Å². The molecule has 0 saturated heterocycles. The van der Waals surface area contributed by atoms with Crippen molar-refractivity contribution in [2.75, 3.05) is 13.2 Å². The van der Waals surface area contributed by atoms with E-state index in [4.69, 9.17) is 9.84 Å². The fourth-order valence-electron chi connectivity index (χ4n) is 2.42. The van der Waals surface area contributed by atoms with Crippen molar-refractivity contribution in [1.29, 1.82) is 0 Å². The molecule has 0 heterocycles. The van der Waals surface area contributed by atoms with E-state index in [-0.39, 0.29) is 25.3 Å². The van der Waals surface area contributed by atoms with Gasteiger partial charge in [-0.15, -0.1) is 11.8 Å². The third-order valence-electron chi connectivity index (χ3n) is 3.91. The van der Waals surface area contributed by atoms with E-state index in [2.05, 4.69) is 47.8 Å². The van der Waals surface area contributed by atoms with E-state index < -0.39 is 0 Å². The number of hydrogen-bond acceptors (Lipinski definition) is 3. The topological polar surface area (TPSA) is 58.6 Å². The van der Waals surface area contributed by atoms with Gasteiger partial charge in [0.2, 0.25) is 5.91 Å². The first kappa shape index (κ1) is 26.1. The molecule has 0 fully saturated rings. The van der Waals surface area contributed by atoms with Gasteiger partial charge in [-0.1, -0.05) is 62.7 Å². The van der Waals surface area contributed by atoms with Crippen LogP contribution in [0.5, 0.6) is 0 Å². The minimum Gasteiger partial charge on any atom is -0.394 e. The summed E-state index contributed by atoms with van der Waals surface area (Å²) in [5, 5.41) is 11.4. The van der Waals surface area contributed by atoms with Crippen LogP contribution >= 0.6 is 0 Å². The van der Waals surface area contributed by atoms with Gasteiger partial charge in [0, 0.05) is 19.3 Å². The summed E-state index contributed by atoms with van der Waals surface area (Å²) in [4.78, 5) is 11.6. The van der Waals surface area contributed by atoms with Crippen LogP contribution in [0, 0.1) is 35.5 Å². The number of aliphatic hydroxyl groups is 1. The fourth-order valence-corrected chi connectivity index (χ4v) is 2.42. The van der Waals surface area contributed by atoms with Crippen molar-refractivity contribution in [1.82, 2.24) is 5.32 Å². The molecule has 0 aromatic heterocycles. The number of carbonyl (C=O) groups is 1. The molecule has 0 bridgehead atoms. The third kappa shape index (κ3) is 20.4. The van der Waals surface area contributed by atoms with Crippen molar-refractivity contribution in [3.8, 4) is 35.5 Å². The molecule has 0 radical (unpaired) electrons. The molecule has 1 unspecified atom stereocenters. The average Bonchev–Trinajstić information content (AvgIpc) is 2.68. The molecule has 0 rings (SSSR count). The highest BCUT2D eigenvalue weighted by atomic mass is 16.5. The van der Waals surface area contributed by atoms with Crippen molar-refractivity contribution < 1.29 is 14.6 Å². The molecular formula is C24H37NO3. The molecule has 0 aliphatic carbocycles. The zero-order valence-electron chi connectivity index (χ0n) is 17.7. The lowest BCUT2D eigenvalue weighted by Crippen LogP contribution is -2.35. The van der Waals surface area contributed by atoms with Crippen molar-refractivity contribution in [2.24, 2.45) is 0 Å². The van der Waals surface area contributed by atoms with Gasteiger partial charge in [0.25, 0.3) is 0 Å². The van der Waals surface area contributed by atoms with Crippen LogP contribution in [0.2, 0.25) is 0 Å². The number of amides is 1. The van der Waals surface area contributed by atoms with Gasteiger partial charge in [-0.05, 0) is 19.8 Å². The Kier molecular flexibility index (Phi) is 19.9. The first-order valence-electron chi connectivity index (χ1n) is 10.6. The second kappa shape index (κ2) is 21.4. The third-order valence-corrected chi connectivity index (χ3v) is 3.91. The van der Waals surface area contributed by atoms with Gasteiger partial charge in [-0.25, -0.2) is 0 Å². The molecule has 0 aromatic carbocycles. The Morgan fingerprint density at radius 1 is 0.893 bits per heavy atom. The largest absolute Gasteiger partial charge is 0.394 e. The maximum atomic E-state index is 11.6. The van der Waals surface area contributed by atoms with E-state index in [0.29, 0.717) is 32.1 Å². The Hall–Kier alpha value is -1.93. The minimum atomic E-state index is -0.380. The van der Waals surface area contributed by atoms with E-state index in [1.807, 2.05) is 0 Å². The Bertz CT molecular complexity index is 566. The van der Waals surface area contributed by atoms with E-state index >= 15 is 0 Å². The quantitative estimate of drug-likeness (QED) is 0.283. The molecule has 4 heteroatoms. The van der Waals surface area contributed by atoms with E-state index in [1.54, 1.807) is 6.92 Å². The summed E-state index contributed by atoms with van der Waals surface area (Å²) in [5.74, 6) is 18.3. The molecular weight excluding hydrogens is 350 g/mol. The standard InChI is InChI=1S/C24H37NO3/c1-3-4-5-6-7-8-9-10-11-12-13-14-15-16-17-18-19-20-24(27)25-23(2)28-22-21-26/h23,26H,3-9,12,15,18-22H2,1-2H3,(H,25,27). The summed E-state index contributed by atoms with van der Waals surface area (Å²) in [7, 11) is 0. The van der Waals surface area contributed by atoms with Crippen molar-refractivity contribution in [2.45, 2.75) is 97.1 Å². The van der Waals surface area contributed by atoms with Crippen LogP contribution in [0.4, 0.5) is 0 Å². The molecule has 2 N–H and O–H groups in total. The maximum absolute atomic E-state index is 11.6. The summed E-state index contributed by atoms with van der Waals surface area (Å²) < 4.78 is 5.16. The Morgan fingerprint density at radius 3 is 2.11 bits per heavy atom. The zero-order valence-corrected chi connectivity index (χ0v) is 17.7. The predicted molar refractivity (Wildman–Crippen MR) is 115 cm³/mol. The monoisotopic (exact) mass is 387 g/mol. The van der Waals surface area contributed by atoms with Crippen LogP contribution < -0.4 is 5.32 Å². The van der Waals surface area contributed by atoms with Gasteiger partial charge < -0.3 is 15.2 Å². The number of nitrogens with one attached hydrogen (secondary N) is 1. The number of carbonyl (C=O) groups excluding carboxylic acids is 1. The van der Waals surface area contributed by atoms with Gasteiger partial charge in [0.05, 0.1) is 26.1 Å². The van der Waals surface area contributed by atoms with E-state index in [0.717, 1.165) is 6.42 Å². The van der Waals surface area contributed by atoms with Crippen molar-refractivity contribution in [3.63, 3.8) is 0 Å². The number of ether oxygens (including phenoxy) is 1. The number of rotatable bonds is 13. The van der Waals surface area contributed by atoms with Crippen LogP contribution in [0.25, 0.3) is 0 Å². The predicted octanol–water partition coefficient (Wildman–Crippen LogP) is 4.17. The summed E-state index contributed by atoms with van der Waals surface area (Å²) in [6.45, 7) is 4.15. The summed E-state index contributed by atoms with van der Waals surface area (Å²) in [5.41, 5.74) is 0. The van der Waals surface area contributed by atoms with Gasteiger partial charge in [0.15, 0.2) is 0 Å². The number of hydrogen-bond donors (Lipinski definition) is 2. The van der Waals surface area contributed by atoms with Crippen LogP contribution in [-0.4, -0.2) is 30.5 Å². The van der Waals surface area contributed by atoms with Gasteiger partial charge >= 0.3 is 0 Å². The summed E-state index contributed by atoms with van der Waals surface area (Å²) in [6.07, 6.45) is 11.4. The fraction of sp³-hybridized carbons (Fsp3) is 0.708. The van der Waals surface area contributed by atoms with E-state index in [1.165, 1.54) is 38.5 Å². The lowest BCUT2D eigenvalue weighted by molar-refractivity contribution is -0.125. The highest BCUT2D eigenvalue weighted by Gasteiger charge is 2.06. The normalized spacial score (nSPS) is 10.5. The van der Waals surface area contributed by atoms with Crippen molar-refractivity contribution in [3.05, 3.63) is 0 Å². The minimum absolute atomic E-state index is 0.0511. The molecule has 28 heavy (non-hydrogen) atoms. The lowest BCUT2D eigenvalue weighted by atomic mass is 10.1. The van der Waals surface area contributed by atoms with Crippen molar-refractivity contribution >= 4 is 5.91 Å². The Morgan fingerprint density at radius 2 is 1.46 bits per heavy atom. The Labute approximate surface area is 172 Å². The molecule has 156 valence electrons. The SMILES string of the molecule is CCCCCCCCC#CCC#CCC#CCCCC(=O)NC(C)OCCO. The summed E-state index contributed by atoms with van der Waals surface area (Å²) in [6, 6.07) is 0. The molecule has 1 amide bonds. The molecule has 0 aliphatic rings. The first-order valence-corrected chi connectivity index (χ1v) is 10.6. The molecule has 0 aromatic rings. The van der Waals surface area contributed by atoms with Gasteiger partial charge in [-0.3, -0.25) is 4.79 Å². The molecule has 1 atom stereocenters. The second-order valence-electron chi connectivity index (χ2n) is 6.59. The smallest absolute Gasteiger partial charge is 0.222 e. The highest BCUT2D eigenvalue weighted by Crippen LogP contribution is 2.06. The van der Waals surface area contributed by atoms with Crippen LogP contribution in [0.15, 0.2) is 0 Å². The lowest BCUT2D eigenvalue weighted by Gasteiger charge is -2.13. The molecule has 0 aliphatic heterocycles. The second-order valence-corrected chi connectivity index (χ2v) is 6.59. The van der Waals surface area contributed by atoms with Gasteiger partial charge in [-0.2, -0.15) is 0 Å². The van der Waals surface area contributed by atoms with Crippen LogP contribution in [0.1, 0.15) is 90.9 Å². The Balaban J connectivity index is 3.58. The number of unbranched alkanes of at least 4 members (excludes halogenated alkanes) is 7. The zero-order chi connectivity index (χ0) is 20.7. The van der Waals surface area contributed by atoms with Gasteiger partial charge in [0.1, 0.15) is 6.23 Å². The maximum Gasteiger partial charge on any atom is 0.222 e. The highest BCUT2D eigenvalue weighted by molar-refractivity contribution is 5.75. The average molecular weight is 388 g/mol. The number of aliphatic hydroxyl groups excluding tert-OH is 1. The molecule has 4 nitrogen and oxygen atoms in total. The molecule has 0 saturated carbocycles. The van der Waals surface area contributed by atoms with E-state index in [9.17, 15) is 4.79 Å². The summed E-state index contributed by atoms with van der Waals surface area (Å²) >= 11 is 0. The van der Waals surface area contributed by atoms with Crippen LogP contribution in [-0.2, 0) is 9.53 Å². The molecule has 0 spiro atoms. The first-order chi connectivity index (χ1) is 13.7.